The molecule has 0 atom stereocenters. The number of aryl methyl sites for hydroxylation is 1. The molecule has 0 saturated carbocycles. The van der Waals surface area contributed by atoms with E-state index in [1.807, 2.05) is 23.9 Å². The fourth-order valence-corrected chi connectivity index (χ4v) is 1.82. The number of benzene rings is 1. The lowest BCUT2D eigenvalue weighted by atomic mass is 10.1. The van der Waals surface area contributed by atoms with Crippen molar-refractivity contribution in [1.82, 2.24) is 14.9 Å². The monoisotopic (exact) mass is 291 g/mol. The SMILES string of the molecule is Cn1ccnc1COc1ccc(CNC(C)(C)C)cc1F. The topological polar surface area (TPSA) is 39.1 Å². The molecule has 21 heavy (non-hydrogen) atoms. The molecule has 0 radical (unpaired) electrons. The summed E-state index contributed by atoms with van der Waals surface area (Å²) in [7, 11) is 1.88. The summed E-state index contributed by atoms with van der Waals surface area (Å²) in [6, 6.07) is 5.04. The normalized spacial score (nSPS) is 11.7. The van der Waals surface area contributed by atoms with Gasteiger partial charge in [-0.2, -0.15) is 0 Å². The zero-order chi connectivity index (χ0) is 15.5. The minimum absolute atomic E-state index is 0.00382. The third kappa shape index (κ3) is 4.56. The number of hydrogen-bond donors (Lipinski definition) is 1. The van der Waals surface area contributed by atoms with Crippen LogP contribution in [0.25, 0.3) is 0 Å². The maximum atomic E-state index is 14.0. The van der Waals surface area contributed by atoms with Gasteiger partial charge in [-0.1, -0.05) is 6.07 Å². The lowest BCUT2D eigenvalue weighted by molar-refractivity contribution is 0.277. The van der Waals surface area contributed by atoms with Gasteiger partial charge in [0.25, 0.3) is 0 Å². The fraction of sp³-hybridized carbons (Fsp3) is 0.438. The fourth-order valence-electron chi connectivity index (χ4n) is 1.82. The number of ether oxygens (including phenoxy) is 1. The number of nitrogens with one attached hydrogen (secondary N) is 1. The van der Waals surface area contributed by atoms with Crippen LogP contribution in [0.2, 0.25) is 0 Å². The van der Waals surface area contributed by atoms with Crippen LogP contribution < -0.4 is 10.1 Å². The summed E-state index contributed by atoms with van der Waals surface area (Å²) in [5.41, 5.74) is 0.899. The molecular formula is C16H22FN3O. The molecule has 0 spiro atoms. The van der Waals surface area contributed by atoms with Crippen LogP contribution in [0.5, 0.6) is 5.75 Å². The van der Waals surface area contributed by atoms with Gasteiger partial charge in [0.15, 0.2) is 11.6 Å². The van der Waals surface area contributed by atoms with Crippen LogP contribution in [0.15, 0.2) is 30.6 Å². The van der Waals surface area contributed by atoms with Gasteiger partial charge in [0.1, 0.15) is 12.4 Å². The largest absolute Gasteiger partial charge is 0.483 e. The molecule has 0 saturated heterocycles. The number of aromatic nitrogens is 2. The molecule has 2 rings (SSSR count). The molecule has 1 aromatic carbocycles. The van der Waals surface area contributed by atoms with Gasteiger partial charge >= 0.3 is 0 Å². The van der Waals surface area contributed by atoms with Gasteiger partial charge in [-0.05, 0) is 38.5 Å². The zero-order valence-electron chi connectivity index (χ0n) is 13.0. The summed E-state index contributed by atoms with van der Waals surface area (Å²) < 4.78 is 21.3. The quantitative estimate of drug-likeness (QED) is 0.920. The maximum Gasteiger partial charge on any atom is 0.165 e. The van der Waals surface area contributed by atoms with E-state index in [1.54, 1.807) is 12.3 Å². The first-order valence-electron chi connectivity index (χ1n) is 6.97. The summed E-state index contributed by atoms with van der Waals surface area (Å²) in [6.07, 6.45) is 3.52. The predicted octanol–water partition coefficient (Wildman–Crippen LogP) is 3.03. The van der Waals surface area contributed by atoms with Crippen molar-refractivity contribution in [3.8, 4) is 5.75 Å². The minimum atomic E-state index is -0.350. The minimum Gasteiger partial charge on any atom is -0.483 e. The Morgan fingerprint density at radius 2 is 2.10 bits per heavy atom. The molecule has 2 aromatic rings. The lowest BCUT2D eigenvalue weighted by Gasteiger charge is -2.20. The van der Waals surface area contributed by atoms with Crippen molar-refractivity contribution in [2.24, 2.45) is 7.05 Å². The van der Waals surface area contributed by atoms with E-state index in [0.29, 0.717) is 6.54 Å². The van der Waals surface area contributed by atoms with Crippen molar-refractivity contribution in [2.75, 3.05) is 0 Å². The molecule has 0 unspecified atom stereocenters. The van der Waals surface area contributed by atoms with Crippen molar-refractivity contribution in [2.45, 2.75) is 39.5 Å². The smallest absolute Gasteiger partial charge is 0.165 e. The molecule has 5 heteroatoms. The molecule has 1 heterocycles. The second kappa shape index (κ2) is 6.26. The maximum absolute atomic E-state index is 14.0. The third-order valence-electron chi connectivity index (χ3n) is 3.10. The second-order valence-electron chi connectivity index (χ2n) is 6.11. The van der Waals surface area contributed by atoms with Crippen molar-refractivity contribution in [3.05, 3.63) is 47.8 Å². The Morgan fingerprint density at radius 3 is 2.67 bits per heavy atom. The van der Waals surface area contributed by atoms with Gasteiger partial charge in [0.2, 0.25) is 0 Å². The van der Waals surface area contributed by atoms with Crippen LogP contribution in [0.1, 0.15) is 32.2 Å². The molecule has 0 fully saturated rings. The Hall–Kier alpha value is -1.88. The lowest BCUT2D eigenvalue weighted by Crippen LogP contribution is -2.35. The second-order valence-corrected chi connectivity index (χ2v) is 6.11. The molecule has 0 aliphatic heterocycles. The number of halogens is 1. The van der Waals surface area contributed by atoms with Crippen LogP contribution in [0.4, 0.5) is 4.39 Å². The van der Waals surface area contributed by atoms with Crippen LogP contribution >= 0.6 is 0 Å². The average molecular weight is 291 g/mol. The highest BCUT2D eigenvalue weighted by Gasteiger charge is 2.10. The summed E-state index contributed by atoms with van der Waals surface area (Å²) >= 11 is 0. The molecule has 0 amide bonds. The van der Waals surface area contributed by atoms with E-state index in [2.05, 4.69) is 31.1 Å². The van der Waals surface area contributed by atoms with Gasteiger partial charge in [-0.25, -0.2) is 9.37 Å². The van der Waals surface area contributed by atoms with Crippen LogP contribution in [-0.2, 0) is 20.2 Å². The van der Waals surface area contributed by atoms with Crippen molar-refractivity contribution in [1.29, 1.82) is 0 Å². The first kappa shape index (κ1) is 15.5. The van der Waals surface area contributed by atoms with Crippen LogP contribution in [0.3, 0.4) is 0 Å². The summed E-state index contributed by atoms with van der Waals surface area (Å²) in [5, 5.41) is 3.33. The summed E-state index contributed by atoms with van der Waals surface area (Å²) in [4.78, 5) is 4.14. The van der Waals surface area contributed by atoms with E-state index in [1.165, 1.54) is 6.07 Å². The van der Waals surface area contributed by atoms with E-state index in [4.69, 9.17) is 4.74 Å². The van der Waals surface area contributed by atoms with Crippen molar-refractivity contribution >= 4 is 0 Å². The first-order chi connectivity index (χ1) is 9.85. The standard InChI is InChI=1S/C16H22FN3O/c1-16(2,3)19-10-12-5-6-14(13(17)9-12)21-11-15-18-7-8-20(15)4/h5-9,19H,10-11H2,1-4H3. The molecule has 4 nitrogen and oxygen atoms in total. The Balaban J connectivity index is 1.97. The number of imidazole rings is 1. The molecule has 0 bridgehead atoms. The average Bonchev–Trinajstić information content (AvgIpc) is 2.80. The molecule has 0 aliphatic carbocycles. The third-order valence-corrected chi connectivity index (χ3v) is 3.10. The Labute approximate surface area is 125 Å². The number of nitrogens with zero attached hydrogens (tertiary/aromatic N) is 2. The molecule has 114 valence electrons. The Morgan fingerprint density at radius 1 is 1.33 bits per heavy atom. The number of hydrogen-bond acceptors (Lipinski definition) is 3. The van der Waals surface area contributed by atoms with Crippen molar-refractivity contribution in [3.63, 3.8) is 0 Å². The van der Waals surface area contributed by atoms with Crippen LogP contribution in [0, 0.1) is 5.82 Å². The van der Waals surface area contributed by atoms with E-state index in [0.717, 1.165) is 11.4 Å². The first-order valence-corrected chi connectivity index (χ1v) is 6.97. The zero-order valence-corrected chi connectivity index (χ0v) is 13.0. The van der Waals surface area contributed by atoms with Gasteiger partial charge in [0.05, 0.1) is 0 Å². The molecule has 0 aliphatic rings. The molecule has 1 aromatic heterocycles. The number of rotatable bonds is 5. The van der Waals surface area contributed by atoms with E-state index in [9.17, 15) is 4.39 Å². The van der Waals surface area contributed by atoms with Crippen molar-refractivity contribution < 1.29 is 9.13 Å². The molecular weight excluding hydrogens is 269 g/mol. The van der Waals surface area contributed by atoms with Gasteiger partial charge in [-0.3, -0.25) is 0 Å². The molecule has 1 N–H and O–H groups in total. The highest BCUT2D eigenvalue weighted by atomic mass is 19.1. The Kier molecular flexibility index (Phi) is 4.63. The van der Waals surface area contributed by atoms with Gasteiger partial charge < -0.3 is 14.6 Å². The highest BCUT2D eigenvalue weighted by Crippen LogP contribution is 2.19. The summed E-state index contributed by atoms with van der Waals surface area (Å²) in [5.74, 6) is 0.655. The van der Waals surface area contributed by atoms with E-state index in [-0.39, 0.29) is 23.7 Å². The summed E-state index contributed by atoms with van der Waals surface area (Å²) in [6.45, 7) is 7.11. The predicted molar refractivity (Wildman–Crippen MR) is 80.5 cm³/mol. The van der Waals surface area contributed by atoms with Crippen LogP contribution in [-0.4, -0.2) is 15.1 Å². The van der Waals surface area contributed by atoms with Gasteiger partial charge in [0, 0.05) is 31.5 Å². The highest BCUT2D eigenvalue weighted by molar-refractivity contribution is 5.29. The van der Waals surface area contributed by atoms with E-state index >= 15 is 0 Å². The van der Waals surface area contributed by atoms with Gasteiger partial charge in [-0.15, -0.1) is 0 Å². The Bertz CT molecular complexity index is 602. The van der Waals surface area contributed by atoms with E-state index < -0.39 is 0 Å².